The molecule has 1 unspecified atom stereocenters. The largest absolute Gasteiger partial charge is 0.344 e. The summed E-state index contributed by atoms with van der Waals surface area (Å²) in [7, 11) is -3.00. The molecule has 80 valence electrons. The van der Waals surface area contributed by atoms with Crippen LogP contribution in [0.1, 0.15) is 12.8 Å². The molecule has 0 aromatic heterocycles. The van der Waals surface area contributed by atoms with E-state index >= 15 is 0 Å². The molecule has 0 saturated heterocycles. The van der Waals surface area contributed by atoms with Gasteiger partial charge in [-0.2, -0.15) is 8.42 Å². The van der Waals surface area contributed by atoms with Gasteiger partial charge in [0.05, 0.1) is 0 Å². The molecular weight excluding hydrogens is 202 g/mol. The lowest BCUT2D eigenvalue weighted by molar-refractivity contribution is -0.314. The molecule has 7 nitrogen and oxygen atoms in total. The minimum Gasteiger partial charge on any atom is -0.344 e. The maximum Gasteiger partial charge on any atom is 0.281 e. The van der Waals surface area contributed by atoms with E-state index in [1.165, 1.54) is 7.05 Å². The van der Waals surface area contributed by atoms with Crippen molar-refractivity contribution in [2.75, 3.05) is 7.05 Å². The zero-order chi connectivity index (χ0) is 10.7. The summed E-state index contributed by atoms with van der Waals surface area (Å²) in [5, 5.41) is 26.2. The lowest BCUT2D eigenvalue weighted by Gasteiger charge is -2.17. The van der Waals surface area contributed by atoms with Gasteiger partial charge < -0.3 is 20.6 Å². The molecule has 13 heavy (non-hydrogen) atoms. The summed E-state index contributed by atoms with van der Waals surface area (Å²) in [4.78, 5) is 0. The van der Waals surface area contributed by atoms with Crippen molar-refractivity contribution in [2.24, 2.45) is 0 Å². The van der Waals surface area contributed by atoms with Crippen LogP contribution in [0.3, 0.4) is 0 Å². The average Bonchev–Trinajstić information content (AvgIpc) is 1.82. The predicted octanol–water partition coefficient (Wildman–Crippen LogP) is -2.17. The minimum atomic E-state index is -4.28. The fraction of sp³-hybridized carbons (Fsp3) is 1.00. The van der Waals surface area contributed by atoms with Gasteiger partial charge in [0.1, 0.15) is 5.37 Å². The molecule has 0 aliphatic rings. The van der Waals surface area contributed by atoms with Gasteiger partial charge in [-0.05, 0) is 13.5 Å². The fourth-order valence-electron chi connectivity index (χ4n) is 0.767. The van der Waals surface area contributed by atoms with E-state index in [0.29, 0.717) is 0 Å². The first kappa shape index (κ1) is 12.8. The average molecular weight is 215 g/mol. The minimum absolute atomic E-state index is 0.321. The molecular formula is C5H13NO6S. The van der Waals surface area contributed by atoms with E-state index in [-0.39, 0.29) is 6.42 Å². The van der Waals surface area contributed by atoms with Crippen LogP contribution in [0.5, 0.6) is 0 Å². The topological polar surface area (TPSA) is 127 Å². The Morgan fingerprint density at radius 1 is 1.38 bits per heavy atom. The summed E-state index contributed by atoms with van der Waals surface area (Å²) < 4.78 is 29.6. The van der Waals surface area contributed by atoms with Crippen molar-refractivity contribution in [1.82, 2.24) is 5.32 Å². The van der Waals surface area contributed by atoms with Gasteiger partial charge in [0.25, 0.3) is 16.1 Å². The molecule has 0 rings (SSSR count). The second-order valence-corrected chi connectivity index (χ2v) is 4.20. The predicted molar refractivity (Wildman–Crippen MR) is 43.0 cm³/mol. The zero-order valence-electron chi connectivity index (χ0n) is 7.01. The van der Waals surface area contributed by atoms with E-state index in [4.69, 9.17) is 19.9 Å². The van der Waals surface area contributed by atoms with E-state index in [9.17, 15) is 8.42 Å². The lowest BCUT2D eigenvalue weighted by Crippen LogP contribution is -2.37. The van der Waals surface area contributed by atoms with E-state index in [2.05, 4.69) is 5.32 Å². The maximum absolute atomic E-state index is 10.5. The highest BCUT2D eigenvalue weighted by Crippen LogP contribution is 2.10. The molecule has 0 saturated carbocycles. The summed E-state index contributed by atoms with van der Waals surface area (Å²) in [5.41, 5.74) is 0. The van der Waals surface area contributed by atoms with E-state index in [0.717, 1.165) is 0 Å². The van der Waals surface area contributed by atoms with Gasteiger partial charge in [0.15, 0.2) is 0 Å². The fourth-order valence-corrected chi connectivity index (χ4v) is 1.48. The molecule has 1 atom stereocenters. The van der Waals surface area contributed by atoms with Crippen molar-refractivity contribution in [2.45, 2.75) is 24.2 Å². The van der Waals surface area contributed by atoms with Gasteiger partial charge in [-0.15, -0.1) is 0 Å². The van der Waals surface area contributed by atoms with Crippen LogP contribution in [0.4, 0.5) is 0 Å². The van der Waals surface area contributed by atoms with Crippen LogP contribution in [0, 0.1) is 0 Å². The van der Waals surface area contributed by atoms with Gasteiger partial charge in [-0.25, -0.2) is 0 Å². The molecule has 0 spiro atoms. The second-order valence-electron chi connectivity index (χ2n) is 2.61. The smallest absolute Gasteiger partial charge is 0.281 e. The van der Waals surface area contributed by atoms with E-state index in [1.807, 2.05) is 0 Å². The summed E-state index contributed by atoms with van der Waals surface area (Å²) in [6.45, 7) is 0. The van der Waals surface area contributed by atoms with Crippen molar-refractivity contribution in [3.8, 4) is 0 Å². The Morgan fingerprint density at radius 2 is 1.85 bits per heavy atom. The van der Waals surface area contributed by atoms with Gasteiger partial charge in [-0.3, -0.25) is 4.55 Å². The molecule has 0 fully saturated rings. The first-order valence-corrected chi connectivity index (χ1v) is 4.98. The molecule has 8 heteroatoms. The normalized spacial score (nSPS) is 15.8. The van der Waals surface area contributed by atoms with Gasteiger partial charge in [0, 0.05) is 6.42 Å². The summed E-state index contributed by atoms with van der Waals surface area (Å²) in [5.74, 6) is -2.92. The molecule has 0 amide bonds. The summed E-state index contributed by atoms with van der Waals surface area (Å²) >= 11 is 0. The lowest BCUT2D eigenvalue weighted by atomic mass is 10.3. The van der Waals surface area contributed by atoms with Crippen LogP contribution in [0.15, 0.2) is 0 Å². The van der Waals surface area contributed by atoms with Gasteiger partial charge in [0.2, 0.25) is 0 Å². The first-order valence-electron chi connectivity index (χ1n) is 3.47. The highest BCUT2D eigenvalue weighted by molar-refractivity contribution is 7.86. The number of hydrogen-bond donors (Lipinski definition) is 5. The maximum atomic E-state index is 10.5. The standard InChI is InChI=1S/C5H13NO6S/c1-6-4(13(10,11)12)2-3-5(7,8)9/h4,6-9H,2-3H2,1H3,(H,10,11,12). The second kappa shape index (κ2) is 4.31. The highest BCUT2D eigenvalue weighted by atomic mass is 32.2. The van der Waals surface area contributed by atoms with Crippen molar-refractivity contribution < 1.29 is 28.3 Å². The monoisotopic (exact) mass is 215 g/mol. The number of aliphatic hydroxyl groups is 3. The quantitative estimate of drug-likeness (QED) is 0.261. The van der Waals surface area contributed by atoms with Gasteiger partial charge in [-0.1, -0.05) is 0 Å². The third-order valence-corrected chi connectivity index (χ3v) is 2.61. The third kappa shape index (κ3) is 5.91. The molecule has 0 bridgehead atoms. The molecule has 0 heterocycles. The van der Waals surface area contributed by atoms with Crippen LogP contribution in [0.2, 0.25) is 0 Å². The van der Waals surface area contributed by atoms with Crippen molar-refractivity contribution in [3.05, 3.63) is 0 Å². The van der Waals surface area contributed by atoms with Crippen LogP contribution in [-0.4, -0.2) is 46.7 Å². The first-order chi connectivity index (χ1) is 5.67. The molecule has 0 aliphatic carbocycles. The molecule has 0 radical (unpaired) electrons. The summed E-state index contributed by atoms with van der Waals surface area (Å²) in [6, 6.07) is 0. The van der Waals surface area contributed by atoms with E-state index in [1.54, 1.807) is 0 Å². The van der Waals surface area contributed by atoms with Crippen molar-refractivity contribution in [1.29, 1.82) is 0 Å². The molecule has 0 aromatic rings. The van der Waals surface area contributed by atoms with Crippen LogP contribution in [-0.2, 0) is 10.1 Å². The Hall–Kier alpha value is -0.250. The highest BCUT2D eigenvalue weighted by Gasteiger charge is 2.26. The summed E-state index contributed by atoms with van der Waals surface area (Å²) in [6.07, 6.45) is -0.906. The Kier molecular flexibility index (Phi) is 4.23. The van der Waals surface area contributed by atoms with E-state index < -0.39 is 27.9 Å². The SMILES string of the molecule is CNC(CCC(O)(O)O)S(=O)(=O)O. The molecule has 0 aliphatic heterocycles. The Labute approximate surface area is 75.8 Å². The number of hydrogen-bond acceptors (Lipinski definition) is 6. The Balaban J connectivity index is 4.18. The molecule has 0 aromatic carbocycles. The number of rotatable bonds is 5. The van der Waals surface area contributed by atoms with Gasteiger partial charge >= 0.3 is 0 Å². The molecule has 5 N–H and O–H groups in total. The van der Waals surface area contributed by atoms with Crippen molar-refractivity contribution >= 4 is 10.1 Å². The van der Waals surface area contributed by atoms with Crippen LogP contribution in [0.25, 0.3) is 0 Å². The van der Waals surface area contributed by atoms with Crippen LogP contribution >= 0.6 is 0 Å². The third-order valence-electron chi connectivity index (χ3n) is 1.42. The zero-order valence-corrected chi connectivity index (χ0v) is 7.82. The van der Waals surface area contributed by atoms with Crippen LogP contribution < -0.4 is 5.32 Å². The Morgan fingerprint density at radius 3 is 2.08 bits per heavy atom. The number of nitrogens with one attached hydrogen (secondary N) is 1. The van der Waals surface area contributed by atoms with Crippen molar-refractivity contribution in [3.63, 3.8) is 0 Å². The Bertz CT molecular complexity index is 242.